The summed E-state index contributed by atoms with van der Waals surface area (Å²) in [5.74, 6) is 1.53. The molecule has 2 N–H and O–H groups in total. The number of nitrogens with zero attached hydrogens (tertiary/aromatic N) is 4. The van der Waals surface area contributed by atoms with Crippen molar-refractivity contribution in [1.82, 2.24) is 15.0 Å². The molecule has 10 nitrogen and oxygen atoms in total. The van der Waals surface area contributed by atoms with Gasteiger partial charge in [0.1, 0.15) is 0 Å². The number of nitrogens with one attached hydrogen (secondary N) is 1. The van der Waals surface area contributed by atoms with Crippen LogP contribution in [0.5, 0.6) is 17.5 Å². The van der Waals surface area contributed by atoms with E-state index in [1.54, 1.807) is 30.3 Å². The maximum absolute atomic E-state index is 12.4. The van der Waals surface area contributed by atoms with Gasteiger partial charge in [0.05, 0.1) is 26.9 Å². The number of carbonyl (C=O) groups excluding carboxylic acids is 1. The number of aromatic nitrogens is 3. The molecule has 0 spiro atoms. The summed E-state index contributed by atoms with van der Waals surface area (Å²) in [6, 6.07) is 14.4. The number of hydrogen-bond acceptors (Lipinski definition) is 10. The zero-order chi connectivity index (χ0) is 24.5. The Morgan fingerprint density at radius 2 is 1.91 bits per heavy atom. The highest BCUT2D eigenvalue weighted by molar-refractivity contribution is 6.06. The molecule has 0 radical (unpaired) electrons. The van der Waals surface area contributed by atoms with E-state index < -0.39 is 0 Å². The lowest BCUT2D eigenvalue weighted by molar-refractivity contribution is 0.104. The third-order valence-electron chi connectivity index (χ3n) is 5.17. The Bertz CT molecular complexity index is 1170. The second-order valence-corrected chi connectivity index (χ2v) is 7.57. The molecule has 2 heterocycles. The second kappa shape index (κ2) is 11.9. The number of rotatable bonds is 10. The number of benzene rings is 2. The fourth-order valence-electron chi connectivity index (χ4n) is 3.38. The lowest BCUT2D eigenvalue weighted by atomic mass is 10.1. The molecule has 2 aromatic carbocycles. The number of carbonyl (C=O) groups is 1. The van der Waals surface area contributed by atoms with Gasteiger partial charge in [0.15, 0.2) is 17.3 Å². The molecule has 0 amide bonds. The van der Waals surface area contributed by atoms with Gasteiger partial charge in [-0.15, -0.1) is 0 Å². The molecule has 1 fully saturated rings. The van der Waals surface area contributed by atoms with E-state index in [9.17, 15) is 4.79 Å². The molecular weight excluding hydrogens is 450 g/mol. The molecule has 0 unspecified atom stereocenters. The molecule has 0 bridgehead atoms. The first kappa shape index (κ1) is 24.1. The molecule has 0 atom stereocenters. The molecule has 3 aromatic rings. The lowest BCUT2D eigenvalue weighted by Gasteiger charge is -2.27. The Morgan fingerprint density at radius 1 is 1.11 bits per heavy atom. The van der Waals surface area contributed by atoms with Crippen LogP contribution in [0.3, 0.4) is 0 Å². The van der Waals surface area contributed by atoms with Crippen molar-refractivity contribution in [2.45, 2.75) is 0 Å². The molecular formula is C25H27N5O5. The van der Waals surface area contributed by atoms with Gasteiger partial charge >= 0.3 is 6.01 Å². The minimum Gasteiger partial charge on any atom is -0.493 e. The smallest absolute Gasteiger partial charge is 0.328 e. The van der Waals surface area contributed by atoms with Gasteiger partial charge < -0.3 is 29.5 Å². The quantitative estimate of drug-likeness (QED) is 0.333. The minimum absolute atomic E-state index is 0.0651. The van der Waals surface area contributed by atoms with Gasteiger partial charge in [-0.25, -0.2) is 0 Å². The van der Waals surface area contributed by atoms with Gasteiger partial charge in [-0.2, -0.15) is 15.0 Å². The average Bonchev–Trinajstić information content (AvgIpc) is 2.92. The molecule has 1 aromatic heterocycles. The van der Waals surface area contributed by atoms with Crippen molar-refractivity contribution in [1.29, 1.82) is 0 Å². The summed E-state index contributed by atoms with van der Waals surface area (Å²) >= 11 is 0. The van der Waals surface area contributed by atoms with Crippen molar-refractivity contribution >= 4 is 23.8 Å². The van der Waals surface area contributed by atoms with E-state index in [-0.39, 0.29) is 24.9 Å². The van der Waals surface area contributed by atoms with E-state index in [0.29, 0.717) is 55.3 Å². The summed E-state index contributed by atoms with van der Waals surface area (Å²) in [7, 11) is 1.53. The van der Waals surface area contributed by atoms with Gasteiger partial charge in [-0.05, 0) is 23.8 Å². The third kappa shape index (κ3) is 6.52. The average molecular weight is 478 g/mol. The van der Waals surface area contributed by atoms with Crippen LogP contribution in [0.1, 0.15) is 15.9 Å². The molecule has 182 valence electrons. The Labute approximate surface area is 203 Å². The molecule has 1 saturated heterocycles. The number of methoxy groups -OCH3 is 1. The van der Waals surface area contributed by atoms with Crippen molar-refractivity contribution in [2.24, 2.45) is 0 Å². The van der Waals surface area contributed by atoms with Crippen LogP contribution in [-0.4, -0.2) is 72.4 Å². The SMILES string of the molecule is COc1cc(/C=C/C(=O)c2ccccc2)ccc1Oc1nc(NCCO)nc(N2CCOCC2)n1. The normalized spacial score (nSPS) is 13.6. The third-order valence-corrected chi connectivity index (χ3v) is 5.17. The highest BCUT2D eigenvalue weighted by Crippen LogP contribution is 2.32. The Morgan fingerprint density at radius 3 is 2.66 bits per heavy atom. The topological polar surface area (TPSA) is 119 Å². The Kier molecular flexibility index (Phi) is 8.21. The number of ether oxygens (including phenoxy) is 3. The van der Waals surface area contributed by atoms with Crippen LogP contribution in [0.25, 0.3) is 6.08 Å². The van der Waals surface area contributed by atoms with Crippen LogP contribution in [-0.2, 0) is 4.74 Å². The Balaban J connectivity index is 1.54. The standard InChI is InChI=1S/C25H27N5O5/c1-33-22-17-18(7-9-20(32)19-5-3-2-4-6-19)8-10-21(22)35-25-28-23(26-11-14-31)27-24(29-25)30-12-15-34-16-13-30/h2-10,17,31H,11-16H2,1H3,(H,26,27,28,29)/b9-7+. The van der Waals surface area contributed by atoms with Crippen molar-refractivity contribution < 1.29 is 24.1 Å². The van der Waals surface area contributed by atoms with Crippen molar-refractivity contribution in [3.63, 3.8) is 0 Å². The zero-order valence-corrected chi connectivity index (χ0v) is 19.4. The number of anilines is 2. The first-order valence-electron chi connectivity index (χ1n) is 11.2. The number of aliphatic hydroxyl groups excluding tert-OH is 1. The number of ketones is 1. The largest absolute Gasteiger partial charge is 0.493 e. The lowest BCUT2D eigenvalue weighted by Crippen LogP contribution is -2.37. The first-order valence-corrected chi connectivity index (χ1v) is 11.2. The number of morpholine rings is 1. The first-order chi connectivity index (χ1) is 17.2. The van der Waals surface area contributed by atoms with Gasteiger partial charge in [0, 0.05) is 25.2 Å². The summed E-state index contributed by atoms with van der Waals surface area (Å²) in [5, 5.41) is 12.1. The van der Waals surface area contributed by atoms with E-state index in [0.717, 1.165) is 5.56 Å². The fourth-order valence-corrected chi connectivity index (χ4v) is 3.38. The highest BCUT2D eigenvalue weighted by atomic mass is 16.5. The van der Waals surface area contributed by atoms with Crippen LogP contribution >= 0.6 is 0 Å². The second-order valence-electron chi connectivity index (χ2n) is 7.57. The summed E-state index contributed by atoms with van der Waals surface area (Å²) in [5.41, 5.74) is 1.39. The van der Waals surface area contributed by atoms with E-state index in [1.165, 1.54) is 13.2 Å². The van der Waals surface area contributed by atoms with Gasteiger partial charge in [-0.3, -0.25) is 4.79 Å². The molecule has 4 rings (SSSR count). The Hall–Kier alpha value is -4.02. The van der Waals surface area contributed by atoms with E-state index in [2.05, 4.69) is 20.3 Å². The van der Waals surface area contributed by atoms with Crippen LogP contribution in [0.15, 0.2) is 54.6 Å². The maximum Gasteiger partial charge on any atom is 0.328 e. The van der Waals surface area contributed by atoms with Crippen LogP contribution in [0, 0.1) is 0 Å². The summed E-state index contributed by atoms with van der Waals surface area (Å²) in [6.07, 6.45) is 3.24. The summed E-state index contributed by atoms with van der Waals surface area (Å²) in [6.45, 7) is 2.68. The molecule has 0 aliphatic carbocycles. The highest BCUT2D eigenvalue weighted by Gasteiger charge is 2.18. The predicted octanol–water partition coefficient (Wildman–Crippen LogP) is 2.81. The van der Waals surface area contributed by atoms with E-state index >= 15 is 0 Å². The zero-order valence-electron chi connectivity index (χ0n) is 19.4. The van der Waals surface area contributed by atoms with Gasteiger partial charge in [-0.1, -0.05) is 42.5 Å². The monoisotopic (exact) mass is 477 g/mol. The van der Waals surface area contributed by atoms with Crippen molar-refractivity contribution in [3.05, 3.63) is 65.7 Å². The fraction of sp³-hybridized carbons (Fsp3) is 0.280. The van der Waals surface area contributed by atoms with Gasteiger partial charge in [0.2, 0.25) is 11.9 Å². The van der Waals surface area contributed by atoms with Crippen molar-refractivity contribution in [2.75, 3.05) is 56.8 Å². The number of aliphatic hydroxyl groups is 1. The van der Waals surface area contributed by atoms with Crippen molar-refractivity contribution in [3.8, 4) is 17.5 Å². The van der Waals surface area contributed by atoms with Gasteiger partial charge in [0.25, 0.3) is 0 Å². The van der Waals surface area contributed by atoms with Crippen LogP contribution < -0.4 is 19.7 Å². The molecule has 35 heavy (non-hydrogen) atoms. The molecule has 0 saturated carbocycles. The minimum atomic E-state index is -0.0892. The van der Waals surface area contributed by atoms with E-state index in [1.807, 2.05) is 29.2 Å². The van der Waals surface area contributed by atoms with Crippen LogP contribution in [0.2, 0.25) is 0 Å². The number of hydrogen-bond donors (Lipinski definition) is 2. The summed E-state index contributed by atoms with van der Waals surface area (Å²) in [4.78, 5) is 27.5. The maximum atomic E-state index is 12.4. The molecule has 10 heteroatoms. The molecule has 1 aliphatic heterocycles. The van der Waals surface area contributed by atoms with E-state index in [4.69, 9.17) is 19.3 Å². The number of allylic oxidation sites excluding steroid dienone is 1. The molecule has 1 aliphatic rings. The summed E-state index contributed by atoms with van der Waals surface area (Å²) < 4.78 is 16.9. The van der Waals surface area contributed by atoms with Crippen LogP contribution in [0.4, 0.5) is 11.9 Å². The predicted molar refractivity (Wildman–Crippen MR) is 131 cm³/mol.